The molecule has 1 aromatic carbocycles. The van der Waals surface area contributed by atoms with E-state index in [1.807, 2.05) is 19.2 Å². The maximum absolute atomic E-state index is 5.97. The van der Waals surface area contributed by atoms with Crippen LogP contribution in [0.4, 0.5) is 0 Å². The molecule has 0 aliphatic carbocycles. The van der Waals surface area contributed by atoms with Crippen LogP contribution in [0.5, 0.6) is 0 Å². The molecule has 1 aliphatic heterocycles. The Hall–Kier alpha value is -2.12. The zero-order chi connectivity index (χ0) is 19.1. The van der Waals surface area contributed by atoms with E-state index in [0.29, 0.717) is 12.6 Å². The van der Waals surface area contributed by atoms with Gasteiger partial charge in [0.15, 0.2) is 5.96 Å². The molecule has 2 aromatic rings. The van der Waals surface area contributed by atoms with E-state index in [0.717, 1.165) is 55.8 Å². The van der Waals surface area contributed by atoms with Crippen molar-refractivity contribution >= 4 is 17.6 Å². The van der Waals surface area contributed by atoms with Crippen molar-refractivity contribution in [3.05, 3.63) is 47.0 Å². The van der Waals surface area contributed by atoms with Gasteiger partial charge in [-0.1, -0.05) is 23.7 Å². The lowest BCUT2D eigenvalue weighted by atomic mass is 10.0. The van der Waals surface area contributed by atoms with E-state index in [1.165, 1.54) is 5.56 Å². The minimum Gasteiger partial charge on any atom is -0.357 e. The summed E-state index contributed by atoms with van der Waals surface area (Å²) in [5, 5.41) is 11.8. The number of hydrogen-bond acceptors (Lipinski definition) is 4. The van der Waals surface area contributed by atoms with E-state index < -0.39 is 0 Å². The lowest BCUT2D eigenvalue weighted by molar-refractivity contribution is 0.198. The van der Waals surface area contributed by atoms with Crippen LogP contribution in [-0.4, -0.2) is 51.3 Å². The largest absolute Gasteiger partial charge is 0.357 e. The van der Waals surface area contributed by atoms with Gasteiger partial charge in [-0.2, -0.15) is 5.10 Å². The molecule has 0 spiro atoms. The van der Waals surface area contributed by atoms with Crippen molar-refractivity contribution in [1.82, 2.24) is 30.3 Å². The molecule has 0 amide bonds. The van der Waals surface area contributed by atoms with Crippen LogP contribution in [0, 0.1) is 0 Å². The summed E-state index contributed by atoms with van der Waals surface area (Å²) >= 11 is 5.97. The van der Waals surface area contributed by atoms with Gasteiger partial charge in [-0.05, 0) is 37.5 Å². The van der Waals surface area contributed by atoms with Gasteiger partial charge in [0.05, 0.1) is 0 Å². The summed E-state index contributed by atoms with van der Waals surface area (Å²) in [6, 6.07) is 8.57. The van der Waals surface area contributed by atoms with E-state index in [9.17, 15) is 0 Å². The van der Waals surface area contributed by atoms with Crippen molar-refractivity contribution in [3.63, 3.8) is 0 Å². The second kappa shape index (κ2) is 9.71. The molecule has 1 aliphatic rings. The second-order valence-corrected chi connectivity index (χ2v) is 7.25. The first kappa shape index (κ1) is 19.6. The van der Waals surface area contributed by atoms with Crippen LogP contribution >= 0.6 is 11.6 Å². The number of likely N-dealkylation sites (tertiary alicyclic amines) is 1. The quantitative estimate of drug-likeness (QED) is 0.585. The Bertz CT molecular complexity index is 733. The Balaban J connectivity index is 1.48. The van der Waals surface area contributed by atoms with Gasteiger partial charge in [-0.3, -0.25) is 9.58 Å². The number of halogens is 1. The number of guanidine groups is 1. The molecule has 1 aromatic heterocycles. The van der Waals surface area contributed by atoms with Gasteiger partial charge >= 0.3 is 0 Å². The van der Waals surface area contributed by atoms with Crippen LogP contribution in [0.2, 0.25) is 5.02 Å². The summed E-state index contributed by atoms with van der Waals surface area (Å²) in [5.41, 5.74) is 1.31. The predicted octanol–water partition coefficient (Wildman–Crippen LogP) is 2.19. The van der Waals surface area contributed by atoms with Gasteiger partial charge in [0.25, 0.3) is 0 Å². The van der Waals surface area contributed by atoms with E-state index in [2.05, 4.69) is 49.7 Å². The molecule has 7 nitrogen and oxygen atoms in total. The summed E-state index contributed by atoms with van der Waals surface area (Å²) < 4.78 is 1.75. The van der Waals surface area contributed by atoms with Gasteiger partial charge < -0.3 is 10.6 Å². The lowest BCUT2D eigenvalue weighted by Gasteiger charge is -2.33. The monoisotopic (exact) mass is 389 g/mol. The first-order chi connectivity index (χ1) is 13.1. The molecular weight excluding hydrogens is 362 g/mol. The third kappa shape index (κ3) is 5.94. The number of aryl methyl sites for hydroxylation is 1. The van der Waals surface area contributed by atoms with Crippen LogP contribution in [0.1, 0.15) is 31.2 Å². The Labute approximate surface area is 165 Å². The average molecular weight is 390 g/mol. The fourth-order valence-electron chi connectivity index (χ4n) is 3.21. The van der Waals surface area contributed by atoms with Crippen molar-refractivity contribution in [3.8, 4) is 0 Å². The highest BCUT2D eigenvalue weighted by Crippen LogP contribution is 2.16. The zero-order valence-electron chi connectivity index (χ0n) is 16.0. The number of nitrogens with zero attached hydrogens (tertiary/aromatic N) is 5. The first-order valence-electron chi connectivity index (χ1n) is 9.48. The summed E-state index contributed by atoms with van der Waals surface area (Å²) in [5.74, 6) is 1.70. The van der Waals surface area contributed by atoms with Crippen LogP contribution in [0.25, 0.3) is 0 Å². The average Bonchev–Trinajstić information content (AvgIpc) is 3.08. The van der Waals surface area contributed by atoms with Crippen molar-refractivity contribution in [2.45, 2.75) is 38.9 Å². The first-order valence-corrected chi connectivity index (χ1v) is 9.86. The topological polar surface area (TPSA) is 70.4 Å². The van der Waals surface area contributed by atoms with Gasteiger partial charge in [0.1, 0.15) is 18.7 Å². The molecule has 8 heteroatoms. The Morgan fingerprint density at radius 2 is 2.00 bits per heavy atom. The fourth-order valence-corrected chi connectivity index (χ4v) is 3.34. The van der Waals surface area contributed by atoms with Crippen LogP contribution < -0.4 is 10.6 Å². The molecule has 27 heavy (non-hydrogen) atoms. The summed E-state index contributed by atoms with van der Waals surface area (Å²) in [6.07, 6.45) is 3.76. The number of nitrogens with one attached hydrogen (secondary N) is 2. The molecule has 0 unspecified atom stereocenters. The maximum atomic E-state index is 5.97. The number of aliphatic imine (C=N–C) groups is 1. The molecule has 2 N–H and O–H groups in total. The number of rotatable bonds is 6. The standard InChI is InChI=1S/C19H28ClN7/c1-3-21-19(22-12-18-23-14-24-26(18)2)25-17-8-10-27(11-9-17)13-15-4-6-16(20)7-5-15/h4-7,14,17H,3,8-13H2,1-2H3,(H2,21,22,25). The molecule has 0 radical (unpaired) electrons. The highest BCUT2D eigenvalue weighted by Gasteiger charge is 2.20. The summed E-state index contributed by atoms with van der Waals surface area (Å²) in [7, 11) is 1.88. The smallest absolute Gasteiger partial charge is 0.191 e. The van der Waals surface area contributed by atoms with Crippen molar-refractivity contribution < 1.29 is 0 Å². The Morgan fingerprint density at radius 1 is 1.26 bits per heavy atom. The van der Waals surface area contributed by atoms with Crippen LogP contribution in [-0.2, 0) is 20.1 Å². The number of aromatic nitrogens is 3. The molecule has 1 saturated heterocycles. The maximum Gasteiger partial charge on any atom is 0.191 e. The molecule has 0 saturated carbocycles. The van der Waals surface area contributed by atoms with E-state index in [4.69, 9.17) is 11.6 Å². The second-order valence-electron chi connectivity index (χ2n) is 6.82. The van der Waals surface area contributed by atoms with E-state index >= 15 is 0 Å². The number of piperidine rings is 1. The Morgan fingerprint density at radius 3 is 2.63 bits per heavy atom. The van der Waals surface area contributed by atoms with Gasteiger partial charge in [0, 0.05) is 44.3 Å². The van der Waals surface area contributed by atoms with Crippen molar-refractivity contribution in [1.29, 1.82) is 0 Å². The summed E-state index contributed by atoms with van der Waals surface area (Å²) in [6.45, 7) is 6.55. The van der Waals surface area contributed by atoms with Gasteiger partial charge in [0.2, 0.25) is 0 Å². The molecular formula is C19H28ClN7. The van der Waals surface area contributed by atoms with Crippen molar-refractivity contribution in [2.24, 2.45) is 12.0 Å². The molecule has 2 heterocycles. The predicted molar refractivity (Wildman–Crippen MR) is 109 cm³/mol. The van der Waals surface area contributed by atoms with E-state index in [1.54, 1.807) is 11.0 Å². The molecule has 1 fully saturated rings. The minimum atomic E-state index is 0.434. The van der Waals surface area contributed by atoms with Crippen molar-refractivity contribution in [2.75, 3.05) is 19.6 Å². The molecule has 3 rings (SSSR count). The van der Waals surface area contributed by atoms with Crippen LogP contribution in [0.15, 0.2) is 35.6 Å². The number of hydrogen-bond donors (Lipinski definition) is 2. The normalized spacial score (nSPS) is 16.5. The third-order valence-electron chi connectivity index (χ3n) is 4.78. The van der Waals surface area contributed by atoms with Crippen LogP contribution in [0.3, 0.4) is 0 Å². The molecule has 0 bridgehead atoms. The Kier molecular flexibility index (Phi) is 7.06. The number of benzene rings is 1. The summed E-state index contributed by atoms with van der Waals surface area (Å²) in [4.78, 5) is 11.4. The highest BCUT2D eigenvalue weighted by molar-refractivity contribution is 6.30. The van der Waals surface area contributed by atoms with E-state index in [-0.39, 0.29) is 0 Å². The third-order valence-corrected chi connectivity index (χ3v) is 5.03. The molecule has 146 valence electrons. The molecule has 0 atom stereocenters. The lowest BCUT2D eigenvalue weighted by Crippen LogP contribution is -2.48. The highest BCUT2D eigenvalue weighted by atomic mass is 35.5. The van der Waals surface area contributed by atoms with Gasteiger partial charge in [-0.25, -0.2) is 9.98 Å². The fraction of sp³-hybridized carbons (Fsp3) is 0.526. The SMILES string of the molecule is CCNC(=NCc1ncnn1C)NC1CCN(Cc2ccc(Cl)cc2)CC1. The zero-order valence-corrected chi connectivity index (χ0v) is 16.8. The minimum absolute atomic E-state index is 0.434. The van der Waals surface area contributed by atoms with Gasteiger partial charge in [-0.15, -0.1) is 0 Å².